The maximum Gasteiger partial charge on any atom is 0.308 e. The van der Waals surface area contributed by atoms with Gasteiger partial charge in [0.2, 0.25) is 0 Å². The molecule has 6 heteroatoms. The fourth-order valence-electron chi connectivity index (χ4n) is 3.16. The van der Waals surface area contributed by atoms with Gasteiger partial charge >= 0.3 is 5.97 Å². The highest BCUT2D eigenvalue weighted by molar-refractivity contribution is 5.80. The lowest BCUT2D eigenvalue weighted by Gasteiger charge is -2.32. The summed E-state index contributed by atoms with van der Waals surface area (Å²) in [4.78, 5) is 18.5. The third-order valence-electron chi connectivity index (χ3n) is 4.53. The van der Waals surface area contributed by atoms with Crippen molar-refractivity contribution in [1.82, 2.24) is 9.55 Å². The van der Waals surface area contributed by atoms with Crippen molar-refractivity contribution in [3.05, 3.63) is 24.0 Å². The van der Waals surface area contributed by atoms with Gasteiger partial charge < -0.3 is 19.9 Å². The Morgan fingerprint density at radius 1 is 1.41 bits per heavy atom. The number of rotatable bonds is 3. The molecule has 0 radical (unpaired) electrons. The first-order valence-electron chi connectivity index (χ1n) is 7.62. The molecule has 0 bridgehead atoms. The number of piperidine rings is 1. The molecule has 1 fully saturated rings. The Morgan fingerprint density at radius 2 is 2.14 bits per heavy atom. The predicted molar refractivity (Wildman–Crippen MR) is 85.6 cm³/mol. The summed E-state index contributed by atoms with van der Waals surface area (Å²) >= 11 is 0. The lowest BCUT2D eigenvalue weighted by molar-refractivity contribution is -0.146. The van der Waals surface area contributed by atoms with Crippen LogP contribution in [0.4, 0.5) is 5.69 Å². The summed E-state index contributed by atoms with van der Waals surface area (Å²) in [5.74, 6) is 0.827. The van der Waals surface area contributed by atoms with Crippen molar-refractivity contribution in [2.24, 2.45) is 18.7 Å². The van der Waals surface area contributed by atoms with Crippen LogP contribution in [0.25, 0.3) is 11.0 Å². The van der Waals surface area contributed by atoms with E-state index in [4.69, 9.17) is 10.5 Å². The van der Waals surface area contributed by atoms with E-state index >= 15 is 0 Å². The van der Waals surface area contributed by atoms with Gasteiger partial charge in [-0.15, -0.1) is 0 Å². The quantitative estimate of drug-likeness (QED) is 0.868. The number of nitrogens with two attached hydrogens (primary N) is 1. The number of carbonyl (C=O) groups excluding carboxylic acids is 1. The van der Waals surface area contributed by atoms with Crippen molar-refractivity contribution in [2.45, 2.75) is 19.4 Å². The van der Waals surface area contributed by atoms with E-state index in [1.54, 1.807) is 0 Å². The number of imidazole rings is 1. The summed E-state index contributed by atoms with van der Waals surface area (Å²) < 4.78 is 6.86. The number of ether oxygens (including phenoxy) is 1. The van der Waals surface area contributed by atoms with Gasteiger partial charge in [-0.05, 0) is 31.0 Å². The third-order valence-corrected chi connectivity index (χ3v) is 4.53. The van der Waals surface area contributed by atoms with Crippen molar-refractivity contribution in [1.29, 1.82) is 0 Å². The van der Waals surface area contributed by atoms with Crippen molar-refractivity contribution in [2.75, 3.05) is 25.1 Å². The Bertz CT molecular complexity index is 687. The monoisotopic (exact) mass is 302 g/mol. The second-order valence-corrected chi connectivity index (χ2v) is 5.75. The Labute approximate surface area is 129 Å². The average Bonchev–Trinajstić information content (AvgIpc) is 2.90. The van der Waals surface area contributed by atoms with Crippen LogP contribution >= 0.6 is 0 Å². The normalized spacial score (nSPS) is 16.2. The topological polar surface area (TPSA) is 73.4 Å². The van der Waals surface area contributed by atoms with Crippen LogP contribution < -0.4 is 10.6 Å². The SMILES string of the molecule is COC(=O)C1CCN(c2ccc3c(c2)nc(CN)n3C)CC1. The number of esters is 1. The predicted octanol–water partition coefficient (Wildman–Crippen LogP) is 1.42. The molecule has 118 valence electrons. The fourth-order valence-corrected chi connectivity index (χ4v) is 3.16. The largest absolute Gasteiger partial charge is 0.469 e. The van der Waals surface area contributed by atoms with Crippen LogP contribution in [0.1, 0.15) is 18.7 Å². The van der Waals surface area contributed by atoms with Crippen LogP contribution in [0.15, 0.2) is 18.2 Å². The fraction of sp³-hybridized carbons (Fsp3) is 0.500. The minimum Gasteiger partial charge on any atom is -0.469 e. The Balaban J connectivity index is 1.79. The molecule has 0 aliphatic carbocycles. The number of fused-ring (bicyclic) bond motifs is 1. The first-order valence-corrected chi connectivity index (χ1v) is 7.62. The van der Waals surface area contributed by atoms with Crippen LogP contribution in [0.5, 0.6) is 0 Å². The van der Waals surface area contributed by atoms with E-state index in [9.17, 15) is 4.79 Å². The van der Waals surface area contributed by atoms with Crippen LogP contribution in [0.2, 0.25) is 0 Å². The Kier molecular flexibility index (Phi) is 4.02. The number of benzene rings is 1. The molecule has 0 amide bonds. The molecule has 1 aromatic heterocycles. The van der Waals surface area contributed by atoms with Gasteiger partial charge in [-0.1, -0.05) is 0 Å². The molecule has 1 aromatic carbocycles. The summed E-state index contributed by atoms with van der Waals surface area (Å²) in [6.07, 6.45) is 1.67. The number of carbonyl (C=O) groups is 1. The smallest absolute Gasteiger partial charge is 0.308 e. The highest BCUT2D eigenvalue weighted by Crippen LogP contribution is 2.27. The van der Waals surface area contributed by atoms with Gasteiger partial charge in [0.1, 0.15) is 5.82 Å². The number of hydrogen-bond acceptors (Lipinski definition) is 5. The van der Waals surface area contributed by atoms with E-state index < -0.39 is 0 Å². The van der Waals surface area contributed by atoms with E-state index in [0.717, 1.165) is 48.5 Å². The number of methoxy groups -OCH3 is 1. The number of hydrogen-bond donors (Lipinski definition) is 1. The van der Waals surface area contributed by atoms with Crippen LogP contribution in [0.3, 0.4) is 0 Å². The Morgan fingerprint density at radius 3 is 2.77 bits per heavy atom. The van der Waals surface area contributed by atoms with E-state index in [1.807, 2.05) is 11.6 Å². The zero-order chi connectivity index (χ0) is 15.7. The lowest BCUT2D eigenvalue weighted by atomic mass is 9.96. The number of nitrogens with zero attached hydrogens (tertiary/aromatic N) is 3. The lowest BCUT2D eigenvalue weighted by Crippen LogP contribution is -2.36. The van der Waals surface area contributed by atoms with Gasteiger partial charge in [-0.2, -0.15) is 0 Å². The molecule has 0 spiro atoms. The molecule has 1 saturated heterocycles. The first kappa shape index (κ1) is 14.8. The summed E-state index contributed by atoms with van der Waals surface area (Å²) in [5, 5.41) is 0. The molecule has 2 aromatic rings. The summed E-state index contributed by atoms with van der Waals surface area (Å²) in [6.45, 7) is 2.16. The maximum absolute atomic E-state index is 11.6. The van der Waals surface area contributed by atoms with Gasteiger partial charge in [-0.3, -0.25) is 4.79 Å². The minimum absolute atomic E-state index is 0.0312. The average molecular weight is 302 g/mol. The number of aromatic nitrogens is 2. The molecule has 3 rings (SSSR count). The highest BCUT2D eigenvalue weighted by Gasteiger charge is 2.25. The molecule has 1 aliphatic rings. The van der Waals surface area contributed by atoms with Gasteiger partial charge in [-0.25, -0.2) is 4.98 Å². The summed E-state index contributed by atoms with van der Waals surface area (Å²) in [5.41, 5.74) is 8.92. The summed E-state index contributed by atoms with van der Waals surface area (Å²) in [6, 6.07) is 6.30. The summed E-state index contributed by atoms with van der Waals surface area (Å²) in [7, 11) is 3.44. The second kappa shape index (κ2) is 5.96. The van der Waals surface area contributed by atoms with Gasteiger partial charge in [0.25, 0.3) is 0 Å². The van der Waals surface area contributed by atoms with Gasteiger partial charge in [0.15, 0.2) is 0 Å². The molecule has 1 aliphatic heterocycles. The number of aryl methyl sites for hydroxylation is 1. The van der Waals surface area contributed by atoms with Gasteiger partial charge in [0, 0.05) is 25.8 Å². The van der Waals surface area contributed by atoms with Crippen LogP contribution in [-0.2, 0) is 23.1 Å². The molecule has 0 unspecified atom stereocenters. The molecular weight excluding hydrogens is 280 g/mol. The maximum atomic E-state index is 11.6. The zero-order valence-corrected chi connectivity index (χ0v) is 13.1. The molecule has 22 heavy (non-hydrogen) atoms. The van der Waals surface area contributed by atoms with Gasteiger partial charge in [0.05, 0.1) is 30.6 Å². The van der Waals surface area contributed by atoms with E-state index in [-0.39, 0.29) is 11.9 Å². The van der Waals surface area contributed by atoms with Crippen LogP contribution in [0, 0.1) is 5.92 Å². The third kappa shape index (κ3) is 2.54. The molecule has 0 atom stereocenters. The second-order valence-electron chi connectivity index (χ2n) is 5.75. The van der Waals surface area contributed by atoms with Crippen LogP contribution in [-0.4, -0.2) is 35.7 Å². The minimum atomic E-state index is -0.0904. The standard InChI is InChI=1S/C16H22N4O2/c1-19-14-4-3-12(9-13(14)18-15(19)10-17)20-7-5-11(6-8-20)16(21)22-2/h3-4,9,11H,5-8,10,17H2,1-2H3. The van der Waals surface area contributed by atoms with E-state index in [2.05, 4.69) is 28.1 Å². The molecular formula is C16H22N4O2. The molecule has 2 N–H and O–H groups in total. The Hall–Kier alpha value is -2.08. The van der Waals surface area contributed by atoms with Crippen molar-refractivity contribution >= 4 is 22.7 Å². The van der Waals surface area contributed by atoms with E-state index in [0.29, 0.717) is 6.54 Å². The van der Waals surface area contributed by atoms with Crippen molar-refractivity contribution in [3.63, 3.8) is 0 Å². The molecule has 6 nitrogen and oxygen atoms in total. The molecule has 0 saturated carbocycles. The van der Waals surface area contributed by atoms with E-state index in [1.165, 1.54) is 7.11 Å². The molecule has 2 heterocycles. The highest BCUT2D eigenvalue weighted by atomic mass is 16.5. The first-order chi connectivity index (χ1) is 10.6. The van der Waals surface area contributed by atoms with Crippen molar-refractivity contribution < 1.29 is 9.53 Å². The van der Waals surface area contributed by atoms with Crippen molar-refractivity contribution in [3.8, 4) is 0 Å². The number of anilines is 1. The zero-order valence-electron chi connectivity index (χ0n) is 13.1.